The number of ether oxygens (including phenoxy) is 1. The topological polar surface area (TPSA) is 9.23 Å². The standard InChI is InChI=1S/C17H22OS/c1-18-11-7-3-6-10-16-13-19-14-17(16)12-15-8-4-2-5-9-15/h2,4-5,8-9,13-14H,3,6-7,10-12H2,1H3. The lowest BCUT2D eigenvalue weighted by atomic mass is 10.0. The molecule has 0 aliphatic carbocycles. The summed E-state index contributed by atoms with van der Waals surface area (Å²) >= 11 is 1.83. The first-order valence-corrected chi connectivity index (χ1v) is 7.91. The highest BCUT2D eigenvalue weighted by Crippen LogP contribution is 2.21. The van der Waals surface area contributed by atoms with Crippen molar-refractivity contribution in [3.8, 4) is 0 Å². The fourth-order valence-electron chi connectivity index (χ4n) is 2.28. The molecule has 0 atom stereocenters. The van der Waals surface area contributed by atoms with E-state index in [2.05, 4.69) is 41.1 Å². The Morgan fingerprint density at radius 1 is 0.947 bits per heavy atom. The molecule has 0 unspecified atom stereocenters. The number of benzene rings is 1. The number of unbranched alkanes of at least 4 members (excludes halogenated alkanes) is 2. The first-order chi connectivity index (χ1) is 9.40. The maximum Gasteiger partial charge on any atom is 0.0462 e. The normalized spacial score (nSPS) is 10.8. The van der Waals surface area contributed by atoms with Crippen LogP contribution in [-0.4, -0.2) is 13.7 Å². The lowest BCUT2D eigenvalue weighted by Gasteiger charge is -2.05. The molecule has 1 heterocycles. The van der Waals surface area contributed by atoms with Crippen molar-refractivity contribution in [1.82, 2.24) is 0 Å². The van der Waals surface area contributed by atoms with Gasteiger partial charge in [-0.15, -0.1) is 0 Å². The van der Waals surface area contributed by atoms with Gasteiger partial charge in [-0.25, -0.2) is 0 Å². The number of methoxy groups -OCH3 is 1. The molecule has 0 saturated heterocycles. The predicted octanol–water partition coefficient (Wildman–Crippen LogP) is 4.70. The van der Waals surface area contributed by atoms with Crippen LogP contribution in [0, 0.1) is 0 Å². The van der Waals surface area contributed by atoms with Gasteiger partial charge in [0.15, 0.2) is 0 Å². The fraction of sp³-hybridized carbons (Fsp3) is 0.412. The summed E-state index contributed by atoms with van der Waals surface area (Å²) < 4.78 is 5.08. The van der Waals surface area contributed by atoms with Gasteiger partial charge in [0, 0.05) is 13.7 Å². The molecule has 2 rings (SSSR count). The van der Waals surface area contributed by atoms with Crippen LogP contribution in [0.15, 0.2) is 41.1 Å². The van der Waals surface area contributed by atoms with Crippen molar-refractivity contribution >= 4 is 11.3 Å². The van der Waals surface area contributed by atoms with Gasteiger partial charge in [0.25, 0.3) is 0 Å². The molecule has 0 bridgehead atoms. The minimum Gasteiger partial charge on any atom is -0.385 e. The van der Waals surface area contributed by atoms with E-state index in [0.29, 0.717) is 0 Å². The molecule has 1 aromatic carbocycles. The van der Waals surface area contributed by atoms with Gasteiger partial charge in [0.1, 0.15) is 0 Å². The van der Waals surface area contributed by atoms with Crippen LogP contribution in [0.5, 0.6) is 0 Å². The van der Waals surface area contributed by atoms with E-state index in [1.54, 1.807) is 7.11 Å². The summed E-state index contributed by atoms with van der Waals surface area (Å²) in [5, 5.41) is 4.62. The second kappa shape index (κ2) is 8.13. The van der Waals surface area contributed by atoms with E-state index in [4.69, 9.17) is 4.74 Å². The van der Waals surface area contributed by atoms with E-state index in [9.17, 15) is 0 Å². The molecule has 0 fully saturated rings. The molecule has 0 saturated carbocycles. The van der Waals surface area contributed by atoms with Gasteiger partial charge in [-0.05, 0) is 53.1 Å². The van der Waals surface area contributed by atoms with E-state index in [1.807, 2.05) is 11.3 Å². The summed E-state index contributed by atoms with van der Waals surface area (Å²) in [7, 11) is 1.77. The van der Waals surface area contributed by atoms with Crippen LogP contribution in [-0.2, 0) is 17.6 Å². The van der Waals surface area contributed by atoms with Crippen molar-refractivity contribution in [1.29, 1.82) is 0 Å². The highest BCUT2D eigenvalue weighted by Gasteiger charge is 2.04. The molecule has 2 heteroatoms. The zero-order chi connectivity index (χ0) is 13.3. The van der Waals surface area contributed by atoms with Crippen LogP contribution in [0.25, 0.3) is 0 Å². The lowest BCUT2D eigenvalue weighted by Crippen LogP contribution is -1.94. The van der Waals surface area contributed by atoms with Gasteiger partial charge < -0.3 is 4.74 Å². The Hall–Kier alpha value is -1.12. The van der Waals surface area contributed by atoms with Crippen molar-refractivity contribution in [2.75, 3.05) is 13.7 Å². The molecule has 1 aromatic heterocycles. The van der Waals surface area contributed by atoms with E-state index in [-0.39, 0.29) is 0 Å². The summed E-state index contributed by atoms with van der Waals surface area (Å²) in [5.41, 5.74) is 4.44. The first-order valence-electron chi connectivity index (χ1n) is 6.97. The molecular formula is C17H22OS. The largest absolute Gasteiger partial charge is 0.385 e. The number of aryl methyl sites for hydroxylation is 1. The average molecular weight is 274 g/mol. The van der Waals surface area contributed by atoms with Crippen LogP contribution < -0.4 is 0 Å². The van der Waals surface area contributed by atoms with E-state index in [1.165, 1.54) is 42.4 Å². The molecule has 1 nitrogen and oxygen atoms in total. The maximum atomic E-state index is 5.08. The number of hydrogen-bond acceptors (Lipinski definition) is 2. The third kappa shape index (κ3) is 4.81. The maximum absolute atomic E-state index is 5.08. The Kier molecular flexibility index (Phi) is 6.12. The molecule has 0 radical (unpaired) electrons. The molecule has 102 valence electrons. The van der Waals surface area contributed by atoms with Crippen molar-refractivity contribution in [3.63, 3.8) is 0 Å². The van der Waals surface area contributed by atoms with Crippen LogP contribution in [0.2, 0.25) is 0 Å². The number of hydrogen-bond donors (Lipinski definition) is 0. The molecule has 0 N–H and O–H groups in total. The Morgan fingerprint density at radius 3 is 2.53 bits per heavy atom. The molecule has 19 heavy (non-hydrogen) atoms. The summed E-state index contributed by atoms with van der Waals surface area (Å²) in [4.78, 5) is 0. The Morgan fingerprint density at radius 2 is 1.74 bits per heavy atom. The molecular weight excluding hydrogens is 252 g/mol. The monoisotopic (exact) mass is 274 g/mol. The zero-order valence-corrected chi connectivity index (χ0v) is 12.4. The Labute approximate surface area is 120 Å². The van der Waals surface area contributed by atoms with Crippen molar-refractivity contribution < 1.29 is 4.74 Å². The minimum atomic E-state index is 0.889. The highest BCUT2D eigenvalue weighted by atomic mass is 32.1. The van der Waals surface area contributed by atoms with Crippen LogP contribution in [0.1, 0.15) is 36.0 Å². The van der Waals surface area contributed by atoms with Crippen LogP contribution in [0.4, 0.5) is 0 Å². The van der Waals surface area contributed by atoms with Crippen molar-refractivity contribution in [2.45, 2.75) is 32.1 Å². The summed E-state index contributed by atoms with van der Waals surface area (Å²) in [6.45, 7) is 0.889. The summed E-state index contributed by atoms with van der Waals surface area (Å²) in [5.74, 6) is 0. The van der Waals surface area contributed by atoms with Crippen LogP contribution in [0.3, 0.4) is 0 Å². The SMILES string of the molecule is COCCCCCc1cscc1Cc1ccccc1. The Balaban J connectivity index is 1.84. The third-order valence-electron chi connectivity index (χ3n) is 3.37. The van der Waals surface area contributed by atoms with Gasteiger partial charge in [0.05, 0.1) is 0 Å². The van der Waals surface area contributed by atoms with Gasteiger partial charge >= 0.3 is 0 Å². The number of thiophene rings is 1. The minimum absolute atomic E-state index is 0.889. The lowest BCUT2D eigenvalue weighted by molar-refractivity contribution is 0.192. The Bertz CT molecular complexity index is 461. The third-order valence-corrected chi connectivity index (χ3v) is 4.21. The van der Waals surface area contributed by atoms with E-state index < -0.39 is 0 Å². The van der Waals surface area contributed by atoms with Crippen molar-refractivity contribution in [3.05, 3.63) is 57.8 Å². The van der Waals surface area contributed by atoms with E-state index >= 15 is 0 Å². The quantitative estimate of drug-likeness (QED) is 0.634. The number of rotatable bonds is 8. The van der Waals surface area contributed by atoms with Crippen LogP contribution >= 0.6 is 11.3 Å². The van der Waals surface area contributed by atoms with Gasteiger partial charge in [-0.2, -0.15) is 11.3 Å². The highest BCUT2D eigenvalue weighted by molar-refractivity contribution is 7.08. The van der Waals surface area contributed by atoms with E-state index in [0.717, 1.165) is 13.0 Å². The molecule has 2 aromatic rings. The smallest absolute Gasteiger partial charge is 0.0462 e. The van der Waals surface area contributed by atoms with Gasteiger partial charge in [-0.1, -0.05) is 36.8 Å². The predicted molar refractivity (Wildman–Crippen MR) is 83.0 cm³/mol. The summed E-state index contributed by atoms with van der Waals surface area (Å²) in [6, 6.07) is 10.7. The first kappa shape index (κ1) is 14.3. The second-order valence-corrected chi connectivity index (χ2v) is 5.63. The fourth-order valence-corrected chi connectivity index (χ4v) is 3.18. The average Bonchev–Trinajstić information content (AvgIpc) is 2.87. The summed E-state index contributed by atoms with van der Waals surface area (Å²) in [6.07, 6.45) is 5.97. The van der Waals surface area contributed by atoms with Crippen molar-refractivity contribution in [2.24, 2.45) is 0 Å². The molecule has 0 spiro atoms. The molecule has 0 aliphatic heterocycles. The van der Waals surface area contributed by atoms with Gasteiger partial charge in [-0.3, -0.25) is 0 Å². The molecule has 0 amide bonds. The van der Waals surface area contributed by atoms with Gasteiger partial charge in [0.2, 0.25) is 0 Å². The zero-order valence-electron chi connectivity index (χ0n) is 11.6. The second-order valence-electron chi connectivity index (χ2n) is 4.89. The molecule has 0 aliphatic rings.